The molecule has 1 aliphatic heterocycles. The summed E-state index contributed by atoms with van der Waals surface area (Å²) in [5, 5.41) is 36.5. The number of aliphatic hydroxyl groups excluding tert-OH is 2. The Kier molecular flexibility index (Phi) is 19.7. The lowest BCUT2D eigenvalue weighted by atomic mass is 9.93. The molecule has 0 radical (unpaired) electrons. The van der Waals surface area contributed by atoms with E-state index in [1.54, 1.807) is 13.0 Å². The number of nitrogen functional groups attached to an aromatic ring is 1. The predicted octanol–water partition coefficient (Wildman–Crippen LogP) is 8.15. The van der Waals surface area contributed by atoms with Crippen molar-refractivity contribution in [2.24, 2.45) is 0 Å². The highest BCUT2D eigenvalue weighted by atomic mass is 31.2. The van der Waals surface area contributed by atoms with Crippen LogP contribution in [0, 0.1) is 11.3 Å². The van der Waals surface area contributed by atoms with Crippen molar-refractivity contribution in [3.8, 4) is 6.07 Å². The average Bonchev–Trinajstić information content (AvgIpc) is 3.75. The molecule has 312 valence electrons. The topological polar surface area (TPSA) is 193 Å². The average molecular weight is 802 g/mol. The van der Waals surface area contributed by atoms with E-state index in [0.717, 1.165) is 25.5 Å². The summed E-state index contributed by atoms with van der Waals surface area (Å²) in [4.78, 5) is 3.93. The van der Waals surface area contributed by atoms with Crippen LogP contribution in [0.15, 0.2) is 48.8 Å². The highest BCUT2D eigenvalue weighted by Gasteiger charge is 2.60. The van der Waals surface area contributed by atoms with Gasteiger partial charge in [0.05, 0.1) is 25.0 Å². The van der Waals surface area contributed by atoms with Crippen LogP contribution < -0.4 is 5.73 Å². The van der Waals surface area contributed by atoms with E-state index in [1.807, 2.05) is 36.4 Å². The van der Waals surface area contributed by atoms with Crippen molar-refractivity contribution >= 4 is 19.2 Å². The Morgan fingerprint density at radius 1 is 0.946 bits per heavy atom. The number of aromatic nitrogens is 3. The maximum atomic E-state index is 13.9. The Labute approximate surface area is 332 Å². The minimum atomic E-state index is -4.49. The van der Waals surface area contributed by atoms with E-state index in [0.29, 0.717) is 12.1 Å². The third-order valence-corrected chi connectivity index (χ3v) is 11.9. The molecule has 1 fully saturated rings. The fourth-order valence-electron chi connectivity index (χ4n) is 6.95. The van der Waals surface area contributed by atoms with Crippen molar-refractivity contribution in [2.75, 3.05) is 26.1 Å². The van der Waals surface area contributed by atoms with E-state index in [2.05, 4.69) is 17.0 Å². The van der Waals surface area contributed by atoms with Crippen LogP contribution in [0.1, 0.15) is 128 Å². The van der Waals surface area contributed by atoms with Crippen LogP contribution in [0.4, 0.5) is 5.82 Å². The molecule has 3 aromatic rings. The van der Waals surface area contributed by atoms with Crippen LogP contribution in [0.5, 0.6) is 0 Å². The van der Waals surface area contributed by atoms with E-state index >= 15 is 0 Å². The summed E-state index contributed by atoms with van der Waals surface area (Å²) in [6, 6.07) is 14.5. The molecule has 7 atom stereocenters. The minimum Gasteiger partial charge on any atom is -0.386 e. The van der Waals surface area contributed by atoms with Gasteiger partial charge in [-0.1, -0.05) is 134 Å². The Hall–Kier alpha value is -2.96. The quantitative estimate of drug-likeness (QED) is 0.0450. The van der Waals surface area contributed by atoms with Gasteiger partial charge >= 0.3 is 7.82 Å². The van der Waals surface area contributed by atoms with Crippen molar-refractivity contribution in [3.63, 3.8) is 0 Å². The SMILES string of the molecule is CCCCCCCCCCCCCCCCCCOC[C@@H](OCc1ccccc1)C(C)OP(=O)(OC)O[C@H]1O[C@@](C#N)(c2ccc3c(N)ncnn23)[C@H](O)[C@@H]1O. The summed E-state index contributed by atoms with van der Waals surface area (Å²) in [7, 11) is -3.37. The number of rotatable bonds is 29. The molecule has 0 bridgehead atoms. The van der Waals surface area contributed by atoms with Gasteiger partial charge < -0.3 is 30.2 Å². The molecular formula is C41H64N5O9P. The maximum absolute atomic E-state index is 13.9. The molecule has 2 aromatic heterocycles. The number of hydrogen-bond acceptors (Lipinski definition) is 13. The number of nitrogens with two attached hydrogens (primary N) is 1. The fourth-order valence-corrected chi connectivity index (χ4v) is 8.14. The minimum absolute atomic E-state index is 0.0548. The Balaban J connectivity index is 1.23. The molecule has 2 unspecified atom stereocenters. The van der Waals surface area contributed by atoms with E-state index in [4.69, 9.17) is 33.5 Å². The van der Waals surface area contributed by atoms with Crippen LogP contribution in [-0.4, -0.2) is 75.8 Å². The van der Waals surface area contributed by atoms with Gasteiger partial charge in [-0.15, -0.1) is 0 Å². The highest BCUT2D eigenvalue weighted by Crippen LogP contribution is 2.54. The number of unbranched alkanes of at least 4 members (excludes halogenated alkanes) is 15. The lowest BCUT2D eigenvalue weighted by Crippen LogP contribution is -2.40. The molecule has 1 saturated heterocycles. The number of nitrogens with zero attached hydrogens (tertiary/aromatic N) is 4. The number of anilines is 1. The molecule has 4 rings (SSSR count). The molecule has 14 nitrogen and oxygen atoms in total. The largest absolute Gasteiger partial charge is 0.477 e. The van der Waals surface area contributed by atoms with Crippen LogP contribution in [0.2, 0.25) is 0 Å². The lowest BCUT2D eigenvalue weighted by Gasteiger charge is -2.29. The number of phosphoric ester groups is 1. The van der Waals surface area contributed by atoms with E-state index in [9.17, 15) is 20.0 Å². The van der Waals surface area contributed by atoms with Crippen molar-refractivity contribution in [1.82, 2.24) is 14.6 Å². The second-order valence-corrected chi connectivity index (χ2v) is 16.4. The summed E-state index contributed by atoms with van der Waals surface area (Å²) >= 11 is 0. The van der Waals surface area contributed by atoms with Gasteiger partial charge in [0.25, 0.3) is 0 Å². The molecule has 3 heterocycles. The number of phosphoric acid groups is 1. The molecule has 15 heteroatoms. The second-order valence-electron chi connectivity index (χ2n) is 14.7. The summed E-state index contributed by atoms with van der Waals surface area (Å²) in [5.41, 5.74) is 5.11. The van der Waals surface area contributed by atoms with Gasteiger partial charge in [-0.25, -0.2) is 14.1 Å². The Bertz CT molecular complexity index is 1640. The summed E-state index contributed by atoms with van der Waals surface area (Å²) < 4.78 is 49.9. The smallest absolute Gasteiger partial charge is 0.386 e. The number of hydrogen-bond donors (Lipinski definition) is 3. The zero-order valence-electron chi connectivity index (χ0n) is 33.5. The van der Waals surface area contributed by atoms with Crippen molar-refractivity contribution < 1.29 is 42.6 Å². The first-order chi connectivity index (χ1) is 27.2. The van der Waals surface area contributed by atoms with Crippen LogP contribution in [0.3, 0.4) is 0 Å². The third kappa shape index (κ3) is 13.3. The second kappa shape index (κ2) is 24.1. The van der Waals surface area contributed by atoms with Crippen LogP contribution >= 0.6 is 7.82 Å². The van der Waals surface area contributed by atoms with Gasteiger partial charge in [0, 0.05) is 13.7 Å². The normalized spacial score (nSPS) is 21.9. The molecule has 1 aliphatic rings. The number of aliphatic hydroxyl groups is 2. The van der Waals surface area contributed by atoms with Crippen LogP contribution in [-0.2, 0) is 44.6 Å². The highest BCUT2D eigenvalue weighted by molar-refractivity contribution is 7.48. The number of nitriles is 1. The first-order valence-corrected chi connectivity index (χ1v) is 21.9. The number of fused-ring (bicyclic) bond motifs is 1. The van der Waals surface area contributed by atoms with Gasteiger partial charge in [-0.3, -0.25) is 13.6 Å². The molecule has 0 spiro atoms. The van der Waals surface area contributed by atoms with Gasteiger partial charge in [0.1, 0.15) is 36.2 Å². The third-order valence-electron chi connectivity index (χ3n) is 10.4. The standard InChI is InChI=1S/C41H64N5O9P/c1-4-5-6-7-8-9-10-11-12-13-14-15-16-17-18-22-27-51-29-35(52-28-33-23-20-19-21-24-33)32(2)54-56(49,50-3)55-40-37(47)38(48)41(30-42,53-40)36-26-25-34-39(43)44-31-45-46(34)36/h19-21,23-26,31-32,35,37-38,40,47-48H,4-18,22,27-29H2,1-3H3,(H2,43,44,45)/t32?,35-,37+,38-,40-,41+,56?/m1/s1. The lowest BCUT2D eigenvalue weighted by molar-refractivity contribution is -0.150. The Morgan fingerprint density at radius 2 is 1.55 bits per heavy atom. The maximum Gasteiger partial charge on any atom is 0.477 e. The molecule has 0 aliphatic carbocycles. The van der Waals surface area contributed by atoms with Gasteiger partial charge in [0.2, 0.25) is 5.60 Å². The molecule has 1 aromatic carbocycles. The predicted molar refractivity (Wildman–Crippen MR) is 213 cm³/mol. The fraction of sp³-hybridized carbons (Fsp3) is 0.683. The number of benzene rings is 1. The molecule has 4 N–H and O–H groups in total. The zero-order chi connectivity index (χ0) is 40.2. The summed E-state index contributed by atoms with van der Waals surface area (Å²) in [6.45, 7) is 4.86. The first-order valence-electron chi connectivity index (χ1n) is 20.5. The van der Waals surface area contributed by atoms with E-state index in [1.165, 1.54) is 107 Å². The first kappa shape index (κ1) is 45.7. The van der Waals surface area contributed by atoms with Gasteiger partial charge in [-0.05, 0) is 31.0 Å². The van der Waals surface area contributed by atoms with E-state index in [-0.39, 0.29) is 24.7 Å². The van der Waals surface area contributed by atoms with Gasteiger partial charge in [0.15, 0.2) is 12.1 Å². The molecule has 56 heavy (non-hydrogen) atoms. The van der Waals surface area contributed by atoms with Crippen molar-refractivity contribution in [2.45, 2.75) is 159 Å². The molecular weight excluding hydrogens is 737 g/mol. The number of ether oxygens (including phenoxy) is 3. The molecule has 0 saturated carbocycles. The van der Waals surface area contributed by atoms with Crippen molar-refractivity contribution in [3.05, 3.63) is 60.0 Å². The van der Waals surface area contributed by atoms with Crippen LogP contribution in [0.25, 0.3) is 5.52 Å². The molecule has 0 amide bonds. The summed E-state index contributed by atoms with van der Waals surface area (Å²) in [5.74, 6) is 0.129. The van der Waals surface area contributed by atoms with Gasteiger partial charge in [-0.2, -0.15) is 10.4 Å². The van der Waals surface area contributed by atoms with Crippen molar-refractivity contribution in [1.29, 1.82) is 5.26 Å². The zero-order valence-corrected chi connectivity index (χ0v) is 34.4. The Morgan fingerprint density at radius 3 is 2.14 bits per heavy atom. The monoisotopic (exact) mass is 801 g/mol. The summed E-state index contributed by atoms with van der Waals surface area (Å²) in [6.07, 6.45) is 14.8. The van der Waals surface area contributed by atoms with E-state index < -0.39 is 44.1 Å².